The SMILES string of the molecule is CC(C)C[C@H](C(=O)O)c1cc(OCc2ccc(C(F)(F)F)cc2)cc(-c2ccc(C(F)(F)F)cc2)c1. The second kappa shape index (κ2) is 10.6. The number of hydrogen-bond donors (Lipinski definition) is 1. The average molecular weight is 510 g/mol. The maximum atomic E-state index is 13.0. The Morgan fingerprint density at radius 2 is 1.33 bits per heavy atom. The van der Waals surface area contributed by atoms with E-state index in [-0.39, 0.29) is 18.3 Å². The van der Waals surface area contributed by atoms with Crippen molar-refractivity contribution in [3.63, 3.8) is 0 Å². The van der Waals surface area contributed by atoms with Gasteiger partial charge in [-0.1, -0.05) is 44.2 Å². The molecule has 0 bridgehead atoms. The van der Waals surface area contributed by atoms with E-state index in [4.69, 9.17) is 4.74 Å². The van der Waals surface area contributed by atoms with Crippen LogP contribution in [0.4, 0.5) is 26.3 Å². The lowest BCUT2D eigenvalue weighted by Crippen LogP contribution is -2.14. The molecule has 0 heterocycles. The van der Waals surface area contributed by atoms with Gasteiger partial charge in [0.15, 0.2) is 0 Å². The molecule has 3 aromatic rings. The molecule has 3 nitrogen and oxygen atoms in total. The summed E-state index contributed by atoms with van der Waals surface area (Å²) in [5.41, 5.74) is 0.147. The van der Waals surface area contributed by atoms with Crippen LogP contribution in [0.25, 0.3) is 11.1 Å². The molecule has 0 aliphatic carbocycles. The van der Waals surface area contributed by atoms with Crippen LogP contribution in [0.2, 0.25) is 0 Å². The molecule has 1 N–H and O–H groups in total. The number of carboxylic acid groups (broad SMARTS) is 1. The second-order valence-corrected chi connectivity index (χ2v) is 8.87. The van der Waals surface area contributed by atoms with Gasteiger partial charge in [-0.3, -0.25) is 4.79 Å². The molecule has 9 heteroatoms. The first kappa shape index (κ1) is 27.1. The lowest BCUT2D eigenvalue weighted by Gasteiger charge is -2.18. The van der Waals surface area contributed by atoms with Crippen LogP contribution >= 0.6 is 0 Å². The summed E-state index contributed by atoms with van der Waals surface area (Å²) in [5.74, 6) is -1.63. The number of carbonyl (C=O) groups is 1. The van der Waals surface area contributed by atoms with E-state index in [0.717, 1.165) is 24.3 Å². The van der Waals surface area contributed by atoms with Gasteiger partial charge in [0.2, 0.25) is 0 Å². The molecule has 0 unspecified atom stereocenters. The molecule has 36 heavy (non-hydrogen) atoms. The van der Waals surface area contributed by atoms with Crippen LogP contribution in [-0.2, 0) is 23.8 Å². The highest BCUT2D eigenvalue weighted by Gasteiger charge is 2.31. The molecule has 0 amide bonds. The standard InChI is InChI=1S/C27H24F6O3/c1-16(2)11-24(25(34)35)20-12-19(18-5-9-22(10-6-18)27(31,32)33)13-23(14-20)36-15-17-3-7-21(8-4-17)26(28,29)30/h3-10,12-14,16,24H,11,15H2,1-2H3,(H,34,35)/t24-/m0/s1. The van der Waals surface area contributed by atoms with Gasteiger partial charge < -0.3 is 9.84 Å². The van der Waals surface area contributed by atoms with Crippen molar-refractivity contribution < 1.29 is 41.0 Å². The fourth-order valence-electron chi connectivity index (χ4n) is 3.73. The minimum absolute atomic E-state index is 0.0531. The minimum atomic E-state index is -4.50. The van der Waals surface area contributed by atoms with E-state index in [1.165, 1.54) is 24.3 Å². The van der Waals surface area contributed by atoms with Crippen LogP contribution in [0.3, 0.4) is 0 Å². The normalized spacial score (nSPS) is 13.0. The fraction of sp³-hybridized carbons (Fsp3) is 0.296. The van der Waals surface area contributed by atoms with Crippen LogP contribution in [-0.4, -0.2) is 11.1 Å². The predicted octanol–water partition coefficient (Wildman–Crippen LogP) is 8.18. The van der Waals surface area contributed by atoms with Crippen molar-refractivity contribution in [1.29, 1.82) is 0 Å². The van der Waals surface area contributed by atoms with Crippen molar-refractivity contribution in [3.8, 4) is 16.9 Å². The van der Waals surface area contributed by atoms with Gasteiger partial charge in [-0.05, 0) is 71.0 Å². The summed E-state index contributed by atoms with van der Waals surface area (Å²) in [6, 6.07) is 13.6. The van der Waals surface area contributed by atoms with Crippen molar-refractivity contribution in [1.82, 2.24) is 0 Å². The van der Waals surface area contributed by atoms with Gasteiger partial charge in [0.25, 0.3) is 0 Å². The zero-order chi connectivity index (χ0) is 26.7. The van der Waals surface area contributed by atoms with Gasteiger partial charge in [0.05, 0.1) is 17.0 Å². The third-order valence-corrected chi connectivity index (χ3v) is 5.57. The molecule has 0 radical (unpaired) electrons. The molecule has 3 rings (SSSR count). The van der Waals surface area contributed by atoms with Crippen LogP contribution < -0.4 is 4.74 Å². The lowest BCUT2D eigenvalue weighted by atomic mass is 9.88. The molecule has 0 saturated carbocycles. The molecule has 3 aromatic carbocycles. The van der Waals surface area contributed by atoms with Crippen molar-refractivity contribution in [2.24, 2.45) is 5.92 Å². The first-order valence-electron chi connectivity index (χ1n) is 11.1. The Labute approximate surface area is 204 Å². The van der Waals surface area contributed by atoms with E-state index in [0.29, 0.717) is 28.7 Å². The largest absolute Gasteiger partial charge is 0.489 e. The number of rotatable bonds is 8. The summed E-state index contributed by atoms with van der Waals surface area (Å²) in [7, 11) is 0. The Morgan fingerprint density at radius 1 is 0.806 bits per heavy atom. The molecule has 0 aliphatic rings. The number of carboxylic acids is 1. The number of ether oxygens (including phenoxy) is 1. The first-order chi connectivity index (χ1) is 16.7. The predicted molar refractivity (Wildman–Crippen MR) is 122 cm³/mol. The van der Waals surface area contributed by atoms with Crippen molar-refractivity contribution >= 4 is 5.97 Å². The summed E-state index contributed by atoms with van der Waals surface area (Å²) >= 11 is 0. The first-order valence-corrected chi connectivity index (χ1v) is 11.1. The van der Waals surface area contributed by atoms with Crippen molar-refractivity contribution in [2.45, 2.75) is 45.1 Å². The molecule has 0 saturated heterocycles. The van der Waals surface area contributed by atoms with E-state index >= 15 is 0 Å². The number of aliphatic carboxylic acids is 1. The summed E-state index contributed by atoms with van der Waals surface area (Å²) in [4.78, 5) is 12.0. The molecular formula is C27H24F6O3. The highest BCUT2D eigenvalue weighted by molar-refractivity contribution is 5.78. The maximum absolute atomic E-state index is 13.0. The molecule has 0 spiro atoms. The van der Waals surface area contributed by atoms with Crippen LogP contribution in [0.1, 0.15) is 48.4 Å². The molecule has 0 aliphatic heterocycles. The van der Waals surface area contributed by atoms with E-state index in [1.807, 2.05) is 13.8 Å². The van der Waals surface area contributed by atoms with Gasteiger partial charge in [0, 0.05) is 0 Å². The highest BCUT2D eigenvalue weighted by Crippen LogP contribution is 2.35. The second-order valence-electron chi connectivity index (χ2n) is 8.87. The number of halogens is 6. The molecule has 0 aromatic heterocycles. The highest BCUT2D eigenvalue weighted by atomic mass is 19.4. The third-order valence-electron chi connectivity index (χ3n) is 5.57. The quantitative estimate of drug-likeness (QED) is 0.311. The number of alkyl halides is 6. The lowest BCUT2D eigenvalue weighted by molar-refractivity contribution is -0.139. The molecule has 0 fully saturated rings. The van der Waals surface area contributed by atoms with Crippen LogP contribution in [0, 0.1) is 5.92 Å². The average Bonchev–Trinajstić information content (AvgIpc) is 2.80. The van der Waals surface area contributed by atoms with Crippen LogP contribution in [0.15, 0.2) is 66.7 Å². The molecular weight excluding hydrogens is 486 g/mol. The van der Waals surface area contributed by atoms with E-state index < -0.39 is 35.4 Å². The fourth-order valence-corrected chi connectivity index (χ4v) is 3.73. The van der Waals surface area contributed by atoms with Crippen molar-refractivity contribution in [3.05, 3.63) is 89.0 Å². The Morgan fingerprint density at radius 3 is 1.81 bits per heavy atom. The zero-order valence-corrected chi connectivity index (χ0v) is 19.5. The Balaban J connectivity index is 1.96. The Hall–Kier alpha value is -3.49. The monoisotopic (exact) mass is 510 g/mol. The van der Waals surface area contributed by atoms with Gasteiger partial charge in [0.1, 0.15) is 12.4 Å². The van der Waals surface area contributed by atoms with Gasteiger partial charge in [-0.25, -0.2) is 0 Å². The molecule has 1 atom stereocenters. The van der Waals surface area contributed by atoms with Crippen molar-refractivity contribution in [2.75, 3.05) is 0 Å². The molecule has 192 valence electrons. The van der Waals surface area contributed by atoms with Gasteiger partial charge >= 0.3 is 18.3 Å². The zero-order valence-electron chi connectivity index (χ0n) is 19.5. The van der Waals surface area contributed by atoms with E-state index in [1.54, 1.807) is 18.2 Å². The number of hydrogen-bond acceptors (Lipinski definition) is 2. The van der Waals surface area contributed by atoms with Crippen LogP contribution in [0.5, 0.6) is 5.75 Å². The van der Waals surface area contributed by atoms with E-state index in [9.17, 15) is 36.2 Å². The summed E-state index contributed by atoms with van der Waals surface area (Å²) in [6.07, 6.45) is -8.64. The van der Waals surface area contributed by atoms with Gasteiger partial charge in [-0.15, -0.1) is 0 Å². The summed E-state index contributed by atoms with van der Waals surface area (Å²) < 4.78 is 83.1. The Kier molecular flexibility index (Phi) is 8.01. The summed E-state index contributed by atoms with van der Waals surface area (Å²) in [6.45, 7) is 3.66. The number of benzene rings is 3. The summed E-state index contributed by atoms with van der Waals surface area (Å²) in [5, 5.41) is 9.80. The topological polar surface area (TPSA) is 46.5 Å². The smallest absolute Gasteiger partial charge is 0.416 e. The minimum Gasteiger partial charge on any atom is -0.489 e. The van der Waals surface area contributed by atoms with E-state index in [2.05, 4.69) is 0 Å². The maximum Gasteiger partial charge on any atom is 0.416 e. The third kappa shape index (κ3) is 7.02. The van der Waals surface area contributed by atoms with Gasteiger partial charge in [-0.2, -0.15) is 26.3 Å². The Bertz CT molecular complexity index is 1180.